The summed E-state index contributed by atoms with van der Waals surface area (Å²) in [6.45, 7) is 4.36. The smallest absolute Gasteiger partial charge is 0.303 e. The third kappa shape index (κ3) is 3.95. The van der Waals surface area contributed by atoms with Crippen molar-refractivity contribution >= 4 is 5.97 Å². The third-order valence-electron chi connectivity index (χ3n) is 4.28. The van der Waals surface area contributed by atoms with Gasteiger partial charge in [0.25, 0.3) is 0 Å². The number of carbonyl (C=O) groups is 1. The number of nitrogens with one attached hydrogen (secondary N) is 1. The van der Waals surface area contributed by atoms with E-state index in [-0.39, 0.29) is 6.42 Å². The lowest BCUT2D eigenvalue weighted by Gasteiger charge is -2.43. The van der Waals surface area contributed by atoms with E-state index in [0.717, 1.165) is 25.6 Å². The fourth-order valence-electron chi connectivity index (χ4n) is 3.43. The van der Waals surface area contributed by atoms with Crippen LogP contribution in [0, 0.1) is 0 Å². The van der Waals surface area contributed by atoms with Crippen LogP contribution in [0.25, 0.3) is 0 Å². The zero-order valence-electron chi connectivity index (χ0n) is 11.4. The minimum Gasteiger partial charge on any atom is -0.481 e. The maximum atomic E-state index is 10.7. The van der Waals surface area contributed by atoms with E-state index in [1.54, 1.807) is 0 Å². The quantitative estimate of drug-likeness (QED) is 0.804. The van der Waals surface area contributed by atoms with Crippen LogP contribution in [0.2, 0.25) is 0 Å². The summed E-state index contributed by atoms with van der Waals surface area (Å²) >= 11 is 0. The number of aliphatic carboxylic acids is 1. The molecular weight excluding hydrogens is 228 g/mol. The molecule has 0 aromatic heterocycles. The first kappa shape index (κ1) is 13.8. The Hall–Kier alpha value is -0.610. The first-order valence-corrected chi connectivity index (χ1v) is 7.37. The topological polar surface area (TPSA) is 52.6 Å². The molecule has 0 amide bonds. The summed E-state index contributed by atoms with van der Waals surface area (Å²) in [5.41, 5.74) is 0. The molecule has 4 heteroatoms. The van der Waals surface area contributed by atoms with Gasteiger partial charge in [0.05, 0.1) is 0 Å². The fourth-order valence-corrected chi connectivity index (χ4v) is 3.43. The van der Waals surface area contributed by atoms with Gasteiger partial charge in [-0.25, -0.2) is 0 Å². The van der Waals surface area contributed by atoms with E-state index in [4.69, 9.17) is 5.11 Å². The number of hydrogen-bond acceptors (Lipinski definition) is 3. The molecule has 1 saturated carbocycles. The van der Waals surface area contributed by atoms with Gasteiger partial charge in [0.2, 0.25) is 0 Å². The van der Waals surface area contributed by atoms with Crippen LogP contribution in [0.15, 0.2) is 0 Å². The Morgan fingerprint density at radius 1 is 1.28 bits per heavy atom. The maximum Gasteiger partial charge on any atom is 0.303 e. The van der Waals surface area contributed by atoms with Crippen molar-refractivity contribution in [2.75, 3.05) is 13.1 Å². The number of carboxylic acids is 1. The lowest BCUT2D eigenvalue weighted by Crippen LogP contribution is -2.58. The molecule has 2 rings (SSSR count). The summed E-state index contributed by atoms with van der Waals surface area (Å²) in [6.07, 6.45) is 7.81. The number of carboxylic acid groups (broad SMARTS) is 1. The average molecular weight is 254 g/mol. The summed E-state index contributed by atoms with van der Waals surface area (Å²) in [5, 5.41) is 12.3. The van der Waals surface area contributed by atoms with Crippen molar-refractivity contribution in [3.05, 3.63) is 0 Å². The van der Waals surface area contributed by atoms with E-state index in [0.29, 0.717) is 12.1 Å². The summed E-state index contributed by atoms with van der Waals surface area (Å²) in [5.74, 6) is -0.681. The Morgan fingerprint density at radius 3 is 2.67 bits per heavy atom. The number of hydrogen-bond donors (Lipinski definition) is 2. The van der Waals surface area contributed by atoms with Crippen LogP contribution in [0.3, 0.4) is 0 Å². The van der Waals surface area contributed by atoms with Crippen LogP contribution in [0.1, 0.15) is 51.9 Å². The van der Waals surface area contributed by atoms with Gasteiger partial charge in [0, 0.05) is 37.6 Å². The molecule has 104 valence electrons. The molecule has 4 nitrogen and oxygen atoms in total. The molecule has 2 atom stereocenters. The van der Waals surface area contributed by atoms with Gasteiger partial charge in [-0.1, -0.05) is 19.3 Å². The Bertz CT molecular complexity index is 277. The molecule has 2 aliphatic rings. The van der Waals surface area contributed by atoms with Gasteiger partial charge in [0.15, 0.2) is 0 Å². The van der Waals surface area contributed by atoms with E-state index in [1.807, 2.05) is 0 Å². The van der Waals surface area contributed by atoms with Gasteiger partial charge < -0.3 is 10.4 Å². The first-order chi connectivity index (χ1) is 8.65. The molecule has 1 heterocycles. The van der Waals surface area contributed by atoms with Gasteiger partial charge >= 0.3 is 5.97 Å². The molecule has 0 bridgehead atoms. The van der Waals surface area contributed by atoms with Crippen LogP contribution in [0.5, 0.6) is 0 Å². The van der Waals surface area contributed by atoms with Crippen molar-refractivity contribution in [3.63, 3.8) is 0 Å². The van der Waals surface area contributed by atoms with Gasteiger partial charge in [-0.3, -0.25) is 9.69 Å². The second kappa shape index (κ2) is 6.53. The molecule has 0 radical (unpaired) electrons. The third-order valence-corrected chi connectivity index (χ3v) is 4.28. The summed E-state index contributed by atoms with van der Waals surface area (Å²) in [7, 11) is 0. The summed E-state index contributed by atoms with van der Waals surface area (Å²) in [6, 6.07) is 1.59. The normalized spacial score (nSPS) is 31.4. The molecule has 0 aromatic carbocycles. The monoisotopic (exact) mass is 254 g/mol. The highest BCUT2D eigenvalue weighted by Crippen LogP contribution is 2.24. The Kier molecular flexibility index (Phi) is 5.01. The molecule has 1 saturated heterocycles. The number of nitrogens with zero attached hydrogens (tertiary/aromatic N) is 1. The molecular formula is C14H26N2O2. The van der Waals surface area contributed by atoms with E-state index < -0.39 is 5.97 Å². The maximum absolute atomic E-state index is 10.7. The minimum absolute atomic E-state index is 0.281. The first-order valence-electron chi connectivity index (χ1n) is 7.37. The van der Waals surface area contributed by atoms with Gasteiger partial charge in [-0.05, 0) is 26.2 Å². The predicted octanol–water partition coefficient (Wildman–Crippen LogP) is 1.85. The zero-order valence-corrected chi connectivity index (χ0v) is 11.4. The second-order valence-corrected chi connectivity index (χ2v) is 5.94. The van der Waals surface area contributed by atoms with Crippen molar-refractivity contribution in [2.45, 2.75) is 70.0 Å². The number of rotatable bonds is 4. The second-order valence-electron chi connectivity index (χ2n) is 5.94. The highest BCUT2D eigenvalue weighted by Gasteiger charge is 2.29. The van der Waals surface area contributed by atoms with Crippen LogP contribution >= 0.6 is 0 Å². The summed E-state index contributed by atoms with van der Waals surface area (Å²) < 4.78 is 0. The average Bonchev–Trinajstić information content (AvgIpc) is 2.37. The highest BCUT2D eigenvalue weighted by atomic mass is 16.4. The summed E-state index contributed by atoms with van der Waals surface area (Å²) in [4.78, 5) is 13.3. The number of piperazine rings is 1. The van der Waals surface area contributed by atoms with Crippen molar-refractivity contribution < 1.29 is 9.90 Å². The van der Waals surface area contributed by atoms with E-state index in [1.165, 1.54) is 32.1 Å². The molecule has 1 aliphatic carbocycles. The SMILES string of the molecule is CC1CN(C2CCCCC2)CC(CCC(=O)O)N1. The van der Waals surface area contributed by atoms with Crippen LogP contribution in [0.4, 0.5) is 0 Å². The Balaban J connectivity index is 1.85. The van der Waals surface area contributed by atoms with Crippen molar-refractivity contribution in [2.24, 2.45) is 0 Å². The van der Waals surface area contributed by atoms with E-state index >= 15 is 0 Å². The molecule has 18 heavy (non-hydrogen) atoms. The molecule has 2 N–H and O–H groups in total. The Morgan fingerprint density at radius 2 is 2.00 bits per heavy atom. The van der Waals surface area contributed by atoms with Gasteiger partial charge in [0.1, 0.15) is 0 Å². The van der Waals surface area contributed by atoms with Crippen molar-refractivity contribution in [3.8, 4) is 0 Å². The molecule has 2 fully saturated rings. The highest BCUT2D eigenvalue weighted by molar-refractivity contribution is 5.66. The largest absolute Gasteiger partial charge is 0.481 e. The Labute approximate surface area is 110 Å². The lowest BCUT2D eigenvalue weighted by molar-refractivity contribution is -0.137. The van der Waals surface area contributed by atoms with Gasteiger partial charge in [-0.15, -0.1) is 0 Å². The molecule has 0 aromatic rings. The van der Waals surface area contributed by atoms with Gasteiger partial charge in [-0.2, -0.15) is 0 Å². The fraction of sp³-hybridized carbons (Fsp3) is 0.929. The lowest BCUT2D eigenvalue weighted by atomic mass is 9.92. The van der Waals surface area contributed by atoms with Crippen LogP contribution < -0.4 is 5.32 Å². The molecule has 0 spiro atoms. The molecule has 1 aliphatic heterocycles. The van der Waals surface area contributed by atoms with Crippen molar-refractivity contribution in [1.29, 1.82) is 0 Å². The minimum atomic E-state index is -0.681. The van der Waals surface area contributed by atoms with E-state index in [9.17, 15) is 4.79 Å². The van der Waals surface area contributed by atoms with Crippen molar-refractivity contribution in [1.82, 2.24) is 10.2 Å². The van der Waals surface area contributed by atoms with Crippen LogP contribution in [-0.2, 0) is 4.79 Å². The standard InChI is InChI=1S/C14H26N2O2/c1-11-9-16(13-5-3-2-4-6-13)10-12(15-11)7-8-14(17)18/h11-13,15H,2-10H2,1H3,(H,17,18). The van der Waals surface area contributed by atoms with E-state index in [2.05, 4.69) is 17.1 Å². The van der Waals surface area contributed by atoms with Crippen LogP contribution in [-0.4, -0.2) is 47.2 Å². The predicted molar refractivity (Wildman–Crippen MR) is 71.7 cm³/mol. The molecule has 2 unspecified atom stereocenters. The zero-order chi connectivity index (χ0) is 13.0.